The molecule has 7 heteroatoms. The van der Waals surface area contributed by atoms with E-state index in [1.54, 1.807) is 11.0 Å². The number of carboxylic acid groups (broad SMARTS) is 1. The van der Waals surface area contributed by atoms with Crippen LogP contribution in [0.2, 0.25) is 0 Å². The highest BCUT2D eigenvalue weighted by molar-refractivity contribution is 5.82. The number of carboxylic acids is 1. The van der Waals surface area contributed by atoms with Crippen LogP contribution in [-0.2, 0) is 9.59 Å². The lowest BCUT2D eigenvalue weighted by Crippen LogP contribution is -2.46. The summed E-state index contributed by atoms with van der Waals surface area (Å²) < 4.78 is 26.1. The fourth-order valence-corrected chi connectivity index (χ4v) is 2.63. The summed E-state index contributed by atoms with van der Waals surface area (Å²) in [6.07, 6.45) is 3.02. The van der Waals surface area contributed by atoms with Crippen molar-refractivity contribution in [3.05, 3.63) is 41.0 Å². The van der Waals surface area contributed by atoms with Gasteiger partial charge in [-0.3, -0.25) is 9.59 Å². The van der Waals surface area contributed by atoms with E-state index in [1.165, 1.54) is 6.07 Å². The molecule has 1 saturated heterocycles. The number of carbonyl (C=O) groups is 2. The van der Waals surface area contributed by atoms with E-state index in [1.807, 2.05) is 0 Å². The van der Waals surface area contributed by atoms with E-state index in [4.69, 9.17) is 10.8 Å². The van der Waals surface area contributed by atoms with Gasteiger partial charge in [0.25, 0.3) is 0 Å². The molecule has 1 amide bonds. The van der Waals surface area contributed by atoms with E-state index in [2.05, 4.69) is 0 Å². The van der Waals surface area contributed by atoms with Gasteiger partial charge >= 0.3 is 5.97 Å². The molecule has 1 heterocycles. The van der Waals surface area contributed by atoms with E-state index >= 15 is 0 Å². The van der Waals surface area contributed by atoms with Gasteiger partial charge in [-0.25, -0.2) is 8.78 Å². The zero-order valence-corrected chi connectivity index (χ0v) is 13.2. The number of halogens is 2. The van der Waals surface area contributed by atoms with Gasteiger partial charge in [-0.05, 0) is 37.0 Å². The normalized spacial score (nSPS) is 16.0. The van der Waals surface area contributed by atoms with Gasteiger partial charge in [-0.1, -0.05) is 17.7 Å². The molecule has 0 aliphatic carbocycles. The summed E-state index contributed by atoms with van der Waals surface area (Å²) in [5.41, 5.74) is 7.37. The van der Waals surface area contributed by atoms with Crippen LogP contribution in [0.1, 0.15) is 31.2 Å². The molecule has 1 aliphatic heterocycles. The van der Waals surface area contributed by atoms with Crippen molar-refractivity contribution in [2.75, 3.05) is 13.1 Å². The van der Waals surface area contributed by atoms with Crippen LogP contribution in [0.4, 0.5) is 8.78 Å². The first kappa shape index (κ1) is 18.1. The number of aliphatic carboxylic acids is 1. The van der Waals surface area contributed by atoms with Gasteiger partial charge in [-0.15, -0.1) is 0 Å². The van der Waals surface area contributed by atoms with Gasteiger partial charge in [-0.2, -0.15) is 0 Å². The SMILES string of the molecule is N[C@@H](CCC(=O)O)C(=O)N1CCC(=Cc2ccc(F)c(F)c2)CC1. The highest BCUT2D eigenvalue weighted by Crippen LogP contribution is 2.21. The second-order valence-corrected chi connectivity index (χ2v) is 5.84. The van der Waals surface area contributed by atoms with Crippen LogP contribution in [-0.4, -0.2) is 41.0 Å². The highest BCUT2D eigenvalue weighted by Gasteiger charge is 2.24. The molecule has 3 N–H and O–H groups in total. The largest absolute Gasteiger partial charge is 0.481 e. The fourth-order valence-electron chi connectivity index (χ4n) is 2.63. The number of hydrogen-bond acceptors (Lipinski definition) is 3. The molecule has 2 rings (SSSR count). The Bertz CT molecular complexity index is 651. The highest BCUT2D eigenvalue weighted by atomic mass is 19.2. The van der Waals surface area contributed by atoms with Crippen molar-refractivity contribution < 1.29 is 23.5 Å². The summed E-state index contributed by atoms with van der Waals surface area (Å²) in [5.74, 6) is -2.99. The molecule has 1 fully saturated rings. The zero-order chi connectivity index (χ0) is 17.7. The molecule has 0 spiro atoms. The van der Waals surface area contributed by atoms with Gasteiger partial charge in [0.2, 0.25) is 5.91 Å². The number of benzene rings is 1. The van der Waals surface area contributed by atoms with Crippen molar-refractivity contribution in [2.45, 2.75) is 31.7 Å². The molecule has 0 aromatic heterocycles. The molecule has 24 heavy (non-hydrogen) atoms. The Labute approximate surface area is 138 Å². The third-order valence-corrected chi connectivity index (χ3v) is 4.02. The van der Waals surface area contributed by atoms with Crippen LogP contribution in [0, 0.1) is 11.6 Å². The van der Waals surface area contributed by atoms with Gasteiger partial charge in [0.15, 0.2) is 11.6 Å². The van der Waals surface area contributed by atoms with Crippen molar-refractivity contribution in [3.63, 3.8) is 0 Å². The van der Waals surface area contributed by atoms with Crippen molar-refractivity contribution in [1.82, 2.24) is 4.90 Å². The summed E-state index contributed by atoms with van der Waals surface area (Å²) in [5, 5.41) is 8.63. The Balaban J connectivity index is 1.90. The molecule has 1 aliphatic rings. The first-order chi connectivity index (χ1) is 11.4. The standard InChI is InChI=1S/C17H20F2N2O3/c18-13-2-1-12(10-14(13)19)9-11-5-7-21(8-6-11)17(24)15(20)3-4-16(22)23/h1-2,9-10,15H,3-8,20H2,(H,22,23)/t15-/m0/s1. The van der Waals surface area contributed by atoms with Gasteiger partial charge in [0.05, 0.1) is 6.04 Å². The molecule has 5 nitrogen and oxygen atoms in total. The van der Waals surface area contributed by atoms with Crippen molar-refractivity contribution >= 4 is 18.0 Å². The Morgan fingerprint density at radius 1 is 1.25 bits per heavy atom. The number of piperidine rings is 1. The summed E-state index contributed by atoms with van der Waals surface area (Å²) in [4.78, 5) is 24.3. The molecular formula is C17H20F2N2O3. The minimum Gasteiger partial charge on any atom is -0.481 e. The Kier molecular flexibility index (Phi) is 6.03. The maximum Gasteiger partial charge on any atom is 0.303 e. The first-order valence-corrected chi connectivity index (χ1v) is 7.77. The lowest BCUT2D eigenvalue weighted by molar-refractivity contribution is -0.137. The van der Waals surface area contributed by atoms with E-state index in [0.29, 0.717) is 31.5 Å². The van der Waals surface area contributed by atoms with Gasteiger partial charge in [0.1, 0.15) is 0 Å². The predicted octanol–water partition coefficient (Wildman–Crippen LogP) is 2.16. The van der Waals surface area contributed by atoms with Crippen LogP contribution in [0.3, 0.4) is 0 Å². The maximum atomic E-state index is 13.2. The van der Waals surface area contributed by atoms with Crippen molar-refractivity contribution in [3.8, 4) is 0 Å². The smallest absolute Gasteiger partial charge is 0.303 e. The zero-order valence-electron chi connectivity index (χ0n) is 13.2. The summed E-state index contributed by atoms with van der Waals surface area (Å²) in [7, 11) is 0. The Morgan fingerprint density at radius 2 is 1.92 bits per heavy atom. The van der Waals surface area contributed by atoms with Crippen LogP contribution in [0.15, 0.2) is 23.8 Å². The summed E-state index contributed by atoms with van der Waals surface area (Å²) in [6.45, 7) is 0.963. The van der Waals surface area contributed by atoms with Crippen LogP contribution in [0.25, 0.3) is 6.08 Å². The fraction of sp³-hybridized carbons (Fsp3) is 0.412. The third-order valence-electron chi connectivity index (χ3n) is 4.02. The van der Waals surface area contributed by atoms with Crippen LogP contribution >= 0.6 is 0 Å². The van der Waals surface area contributed by atoms with E-state index < -0.39 is 23.6 Å². The minimum absolute atomic E-state index is 0.113. The molecule has 0 radical (unpaired) electrons. The molecule has 1 aromatic rings. The summed E-state index contributed by atoms with van der Waals surface area (Å²) >= 11 is 0. The molecule has 130 valence electrons. The molecular weight excluding hydrogens is 318 g/mol. The van der Waals surface area contributed by atoms with Crippen LogP contribution < -0.4 is 5.73 Å². The third kappa shape index (κ3) is 4.86. The number of nitrogens with zero attached hydrogens (tertiary/aromatic N) is 1. The van der Waals surface area contributed by atoms with Crippen molar-refractivity contribution in [1.29, 1.82) is 0 Å². The van der Waals surface area contributed by atoms with E-state index in [9.17, 15) is 18.4 Å². The number of carbonyl (C=O) groups excluding carboxylic acids is 1. The Morgan fingerprint density at radius 3 is 2.50 bits per heavy atom. The first-order valence-electron chi connectivity index (χ1n) is 7.77. The topological polar surface area (TPSA) is 83.6 Å². The van der Waals surface area contributed by atoms with Crippen molar-refractivity contribution in [2.24, 2.45) is 5.73 Å². The molecule has 0 bridgehead atoms. The lowest BCUT2D eigenvalue weighted by Gasteiger charge is -2.30. The number of nitrogens with two attached hydrogens (primary N) is 1. The average molecular weight is 338 g/mol. The van der Waals surface area contributed by atoms with E-state index in [0.717, 1.165) is 17.7 Å². The van der Waals surface area contributed by atoms with Crippen LogP contribution in [0.5, 0.6) is 0 Å². The second kappa shape index (κ2) is 8.01. The molecule has 0 unspecified atom stereocenters. The Hall–Kier alpha value is -2.28. The average Bonchev–Trinajstić information content (AvgIpc) is 2.56. The molecule has 1 atom stereocenters. The quantitative estimate of drug-likeness (QED) is 0.862. The van der Waals surface area contributed by atoms with Gasteiger partial charge in [0, 0.05) is 19.5 Å². The number of hydrogen-bond donors (Lipinski definition) is 2. The summed E-state index contributed by atoms with van der Waals surface area (Å²) in [6, 6.07) is 2.92. The van der Waals surface area contributed by atoms with E-state index in [-0.39, 0.29) is 18.7 Å². The maximum absolute atomic E-state index is 13.2. The number of amides is 1. The van der Waals surface area contributed by atoms with Gasteiger partial charge < -0.3 is 15.7 Å². The monoisotopic (exact) mass is 338 g/mol. The molecule has 0 saturated carbocycles. The number of rotatable bonds is 5. The second-order valence-electron chi connectivity index (χ2n) is 5.84. The lowest BCUT2D eigenvalue weighted by atomic mass is 10.00. The molecule has 1 aromatic carbocycles. The number of likely N-dealkylation sites (tertiary alicyclic amines) is 1. The predicted molar refractivity (Wildman–Crippen MR) is 85.0 cm³/mol. The minimum atomic E-state index is -0.978.